The van der Waals surface area contributed by atoms with E-state index < -0.39 is 0 Å². The molecule has 0 radical (unpaired) electrons. The molecule has 3 rings (SSSR count). The molecule has 1 heterocycles. The average molecular weight is 374 g/mol. The first-order valence-corrected chi connectivity index (χ1v) is 7.49. The van der Waals surface area contributed by atoms with E-state index >= 15 is 0 Å². The highest BCUT2D eigenvalue weighted by Crippen LogP contribution is 2.29. The van der Waals surface area contributed by atoms with Crippen LogP contribution < -0.4 is 0 Å². The Labute approximate surface area is 133 Å². The summed E-state index contributed by atoms with van der Waals surface area (Å²) in [6, 6.07) is 9.87. The molecule has 0 bridgehead atoms. The van der Waals surface area contributed by atoms with Crippen molar-refractivity contribution in [3.8, 4) is 5.69 Å². The van der Waals surface area contributed by atoms with Crippen molar-refractivity contribution in [1.82, 2.24) is 9.55 Å². The lowest BCUT2D eigenvalue weighted by Gasteiger charge is -2.10. The quantitative estimate of drug-likeness (QED) is 0.556. The summed E-state index contributed by atoms with van der Waals surface area (Å²) in [7, 11) is 0. The molecule has 2 nitrogen and oxygen atoms in total. The van der Waals surface area contributed by atoms with Crippen molar-refractivity contribution in [2.75, 3.05) is 0 Å². The highest BCUT2D eigenvalue weighted by Gasteiger charge is 2.14. The van der Waals surface area contributed by atoms with Gasteiger partial charge in [-0.3, -0.25) is 4.57 Å². The number of aromatic nitrogens is 2. The van der Waals surface area contributed by atoms with E-state index in [9.17, 15) is 4.39 Å². The van der Waals surface area contributed by atoms with Gasteiger partial charge in [-0.2, -0.15) is 0 Å². The van der Waals surface area contributed by atoms with Crippen LogP contribution in [0.2, 0.25) is 5.02 Å². The maximum atomic E-state index is 13.5. The average Bonchev–Trinajstić information content (AvgIpc) is 2.78. The Hall–Kier alpha value is -1.10. The van der Waals surface area contributed by atoms with Gasteiger partial charge in [0.05, 0.1) is 22.6 Å². The molecule has 0 unspecified atom stereocenters. The van der Waals surface area contributed by atoms with E-state index in [-0.39, 0.29) is 11.7 Å². The van der Waals surface area contributed by atoms with Crippen LogP contribution in [0.1, 0.15) is 5.82 Å². The Kier molecular flexibility index (Phi) is 3.71. The zero-order chi connectivity index (χ0) is 14.3. The summed E-state index contributed by atoms with van der Waals surface area (Å²) in [4.78, 5) is 4.44. The zero-order valence-electron chi connectivity index (χ0n) is 10.1. The van der Waals surface area contributed by atoms with Crippen LogP contribution in [0.5, 0.6) is 0 Å². The molecular formula is C14H8BrCl2FN2. The van der Waals surface area contributed by atoms with Gasteiger partial charge < -0.3 is 0 Å². The lowest BCUT2D eigenvalue weighted by Crippen LogP contribution is -2.00. The lowest BCUT2D eigenvalue weighted by molar-refractivity contribution is 0.626. The fourth-order valence-corrected chi connectivity index (χ4v) is 2.89. The van der Waals surface area contributed by atoms with E-state index in [2.05, 4.69) is 20.9 Å². The molecule has 0 saturated heterocycles. The fraction of sp³-hybridized carbons (Fsp3) is 0.0714. The molecular weight excluding hydrogens is 366 g/mol. The van der Waals surface area contributed by atoms with Crippen molar-refractivity contribution in [3.63, 3.8) is 0 Å². The van der Waals surface area contributed by atoms with E-state index in [0.29, 0.717) is 16.5 Å². The van der Waals surface area contributed by atoms with Crippen LogP contribution >= 0.6 is 39.1 Å². The molecule has 1 aromatic heterocycles. The summed E-state index contributed by atoms with van der Waals surface area (Å²) in [6.07, 6.45) is 0. The molecule has 0 aliphatic carbocycles. The zero-order valence-corrected chi connectivity index (χ0v) is 13.2. The fourth-order valence-electron chi connectivity index (χ4n) is 2.12. The van der Waals surface area contributed by atoms with Crippen molar-refractivity contribution in [1.29, 1.82) is 0 Å². The minimum absolute atomic E-state index is 0.218. The Morgan fingerprint density at radius 3 is 2.75 bits per heavy atom. The summed E-state index contributed by atoms with van der Waals surface area (Å²) >= 11 is 15.4. The van der Waals surface area contributed by atoms with Crippen molar-refractivity contribution in [3.05, 3.63) is 57.5 Å². The SMILES string of the molecule is Fc1ccc(Br)c(-n2c(CCl)nc3cc(Cl)ccc32)c1. The largest absolute Gasteiger partial charge is 0.294 e. The molecule has 6 heteroatoms. The maximum Gasteiger partial charge on any atom is 0.129 e. The van der Waals surface area contributed by atoms with Crippen LogP contribution in [0.25, 0.3) is 16.7 Å². The molecule has 0 saturated carbocycles. The normalized spacial score (nSPS) is 11.2. The molecule has 20 heavy (non-hydrogen) atoms. The summed E-state index contributed by atoms with van der Waals surface area (Å²) in [6.45, 7) is 0. The predicted octanol–water partition coefficient (Wildman–Crippen LogP) is 5.32. The molecule has 102 valence electrons. The predicted molar refractivity (Wildman–Crippen MR) is 83.3 cm³/mol. The number of imidazole rings is 1. The van der Waals surface area contributed by atoms with E-state index in [1.807, 2.05) is 10.6 Å². The monoisotopic (exact) mass is 372 g/mol. The van der Waals surface area contributed by atoms with Gasteiger partial charge in [-0.1, -0.05) is 11.6 Å². The molecule has 0 spiro atoms. The highest BCUT2D eigenvalue weighted by molar-refractivity contribution is 9.10. The van der Waals surface area contributed by atoms with Crippen LogP contribution in [0.15, 0.2) is 40.9 Å². The molecule has 3 aromatic rings. The summed E-state index contributed by atoms with van der Waals surface area (Å²) in [5.74, 6) is 0.532. The van der Waals surface area contributed by atoms with Gasteiger partial charge >= 0.3 is 0 Å². The van der Waals surface area contributed by atoms with Gasteiger partial charge in [0.2, 0.25) is 0 Å². The second kappa shape index (κ2) is 5.35. The summed E-state index contributed by atoms with van der Waals surface area (Å²) in [5.41, 5.74) is 2.21. The molecule has 0 N–H and O–H groups in total. The second-order valence-electron chi connectivity index (χ2n) is 4.23. The summed E-state index contributed by atoms with van der Waals surface area (Å²) in [5, 5.41) is 0.599. The number of hydrogen-bond donors (Lipinski definition) is 0. The molecule has 0 amide bonds. The number of rotatable bonds is 2. The number of hydrogen-bond acceptors (Lipinski definition) is 1. The van der Waals surface area contributed by atoms with Gasteiger partial charge in [-0.25, -0.2) is 9.37 Å². The van der Waals surface area contributed by atoms with Gasteiger partial charge in [0.15, 0.2) is 0 Å². The number of benzene rings is 2. The van der Waals surface area contributed by atoms with Crippen LogP contribution in [-0.2, 0) is 5.88 Å². The van der Waals surface area contributed by atoms with E-state index in [1.54, 1.807) is 18.2 Å². The van der Waals surface area contributed by atoms with Crippen LogP contribution in [0.3, 0.4) is 0 Å². The van der Waals surface area contributed by atoms with Gasteiger partial charge in [-0.15, -0.1) is 11.6 Å². The minimum Gasteiger partial charge on any atom is -0.294 e. The smallest absolute Gasteiger partial charge is 0.129 e. The minimum atomic E-state index is -0.320. The Bertz CT molecular complexity index is 801. The second-order valence-corrected chi connectivity index (χ2v) is 5.78. The Morgan fingerprint density at radius 2 is 2.00 bits per heavy atom. The number of fused-ring (bicyclic) bond motifs is 1. The number of nitrogens with zero attached hydrogens (tertiary/aromatic N) is 2. The summed E-state index contributed by atoms with van der Waals surface area (Å²) < 4.78 is 16.1. The molecule has 0 aliphatic rings. The van der Waals surface area contributed by atoms with E-state index in [0.717, 1.165) is 15.5 Å². The van der Waals surface area contributed by atoms with Crippen molar-refractivity contribution >= 4 is 50.2 Å². The van der Waals surface area contributed by atoms with Gasteiger partial charge in [-0.05, 0) is 52.3 Å². The molecule has 0 atom stereocenters. The van der Waals surface area contributed by atoms with Crippen molar-refractivity contribution < 1.29 is 4.39 Å². The number of alkyl halides is 1. The standard InChI is InChI=1S/C14H8BrCl2FN2/c15-10-3-2-9(18)6-13(10)20-12-4-1-8(17)5-11(12)19-14(20)7-16/h1-6H,7H2. The van der Waals surface area contributed by atoms with Crippen LogP contribution in [-0.4, -0.2) is 9.55 Å². The highest BCUT2D eigenvalue weighted by atomic mass is 79.9. The third-order valence-corrected chi connectivity index (χ3v) is 4.10. The van der Waals surface area contributed by atoms with Crippen LogP contribution in [0.4, 0.5) is 4.39 Å². The number of halogens is 4. The third kappa shape index (κ3) is 2.32. The first-order valence-electron chi connectivity index (χ1n) is 5.78. The molecule has 0 fully saturated rings. The third-order valence-electron chi connectivity index (χ3n) is 2.95. The van der Waals surface area contributed by atoms with Gasteiger partial charge in [0.1, 0.15) is 11.6 Å². The van der Waals surface area contributed by atoms with Gasteiger partial charge in [0.25, 0.3) is 0 Å². The van der Waals surface area contributed by atoms with Crippen LogP contribution in [0, 0.1) is 5.82 Å². The maximum absolute atomic E-state index is 13.5. The molecule has 0 aliphatic heterocycles. The van der Waals surface area contributed by atoms with Crippen molar-refractivity contribution in [2.24, 2.45) is 0 Å². The lowest BCUT2D eigenvalue weighted by atomic mass is 10.2. The molecule has 2 aromatic carbocycles. The Balaban J connectivity index is 2.37. The van der Waals surface area contributed by atoms with Gasteiger partial charge in [0, 0.05) is 9.50 Å². The first kappa shape index (κ1) is 13.9. The van der Waals surface area contributed by atoms with E-state index in [4.69, 9.17) is 23.2 Å². The van der Waals surface area contributed by atoms with E-state index in [1.165, 1.54) is 12.1 Å². The van der Waals surface area contributed by atoms with Crippen molar-refractivity contribution in [2.45, 2.75) is 5.88 Å². The first-order chi connectivity index (χ1) is 9.60. The Morgan fingerprint density at radius 1 is 1.20 bits per heavy atom. The topological polar surface area (TPSA) is 17.8 Å².